The number of nitrogens with zero attached hydrogens (tertiary/aromatic N) is 3. The molecule has 0 N–H and O–H groups in total. The summed E-state index contributed by atoms with van der Waals surface area (Å²) in [6.45, 7) is 8.76. The van der Waals surface area contributed by atoms with Crippen molar-refractivity contribution in [3.8, 4) is 11.4 Å². The van der Waals surface area contributed by atoms with Gasteiger partial charge in [0.05, 0.1) is 17.4 Å². The molecule has 5 rings (SSSR count). The Labute approximate surface area is 170 Å². The first-order valence-electron chi connectivity index (χ1n) is 10.00. The molecule has 142 valence electrons. The van der Waals surface area contributed by atoms with Gasteiger partial charge in [0.2, 0.25) is 5.69 Å². The highest BCUT2D eigenvalue weighted by Crippen LogP contribution is 2.29. The Balaban J connectivity index is 1.82. The van der Waals surface area contributed by atoms with E-state index in [1.807, 2.05) is 6.20 Å². The minimum atomic E-state index is 1.13. The number of hydrogen-bond donors (Lipinski definition) is 0. The van der Waals surface area contributed by atoms with Crippen LogP contribution in [0.4, 0.5) is 0 Å². The topological polar surface area (TPSA) is 21.7 Å². The second-order valence-corrected chi connectivity index (χ2v) is 7.86. The summed E-state index contributed by atoms with van der Waals surface area (Å²) in [5.74, 6) is 0. The normalized spacial score (nSPS) is 11.4. The van der Waals surface area contributed by atoms with Crippen molar-refractivity contribution in [2.45, 2.75) is 27.7 Å². The number of fused-ring (bicyclic) bond motifs is 2. The van der Waals surface area contributed by atoms with Crippen LogP contribution in [0.2, 0.25) is 0 Å². The van der Waals surface area contributed by atoms with Crippen molar-refractivity contribution < 1.29 is 4.57 Å². The van der Waals surface area contributed by atoms with E-state index in [-0.39, 0.29) is 0 Å². The fourth-order valence-corrected chi connectivity index (χ4v) is 4.55. The number of pyridine rings is 1. The first kappa shape index (κ1) is 17.6. The van der Waals surface area contributed by atoms with Gasteiger partial charge in [-0.15, -0.1) is 0 Å². The monoisotopic (exact) mass is 378 g/mol. The van der Waals surface area contributed by atoms with Gasteiger partial charge in [0.15, 0.2) is 11.9 Å². The lowest BCUT2D eigenvalue weighted by Gasteiger charge is -2.15. The second-order valence-electron chi connectivity index (χ2n) is 7.86. The molecule has 29 heavy (non-hydrogen) atoms. The first-order valence-corrected chi connectivity index (χ1v) is 10.00. The maximum atomic E-state index is 4.73. The molecular formula is C26H24N3+. The molecule has 3 heteroatoms. The minimum Gasteiger partial charge on any atom is -0.232 e. The van der Waals surface area contributed by atoms with Crippen molar-refractivity contribution in [2.24, 2.45) is 0 Å². The lowest BCUT2D eigenvalue weighted by Crippen LogP contribution is -2.36. The molecule has 0 aliphatic carbocycles. The van der Waals surface area contributed by atoms with Gasteiger partial charge < -0.3 is 0 Å². The number of aryl methyl sites for hydroxylation is 3. The van der Waals surface area contributed by atoms with Gasteiger partial charge in [-0.25, -0.2) is 4.68 Å². The van der Waals surface area contributed by atoms with Crippen LogP contribution in [-0.4, -0.2) is 9.78 Å². The van der Waals surface area contributed by atoms with Crippen molar-refractivity contribution in [2.75, 3.05) is 0 Å². The van der Waals surface area contributed by atoms with Gasteiger partial charge in [0.25, 0.3) is 0 Å². The summed E-state index contributed by atoms with van der Waals surface area (Å²) < 4.78 is 4.40. The zero-order chi connectivity index (χ0) is 20.1. The Morgan fingerprint density at radius 3 is 2.24 bits per heavy atom. The van der Waals surface area contributed by atoms with Crippen LogP contribution < -0.4 is 4.57 Å². The molecule has 0 spiro atoms. The van der Waals surface area contributed by atoms with Crippen molar-refractivity contribution >= 4 is 21.7 Å². The van der Waals surface area contributed by atoms with E-state index in [9.17, 15) is 0 Å². The SMILES string of the molecule is Cc1cc(C)c(-[n+]2cc3ccccc3cc2C)c(C)c1-n1ncc2ccccc21. The van der Waals surface area contributed by atoms with Gasteiger partial charge in [-0.2, -0.15) is 9.67 Å². The number of hydrogen-bond acceptors (Lipinski definition) is 1. The average molecular weight is 378 g/mol. The second kappa shape index (κ2) is 6.56. The van der Waals surface area contributed by atoms with E-state index in [0.717, 1.165) is 16.6 Å². The van der Waals surface area contributed by atoms with Gasteiger partial charge in [-0.3, -0.25) is 0 Å². The maximum Gasteiger partial charge on any atom is 0.218 e. The largest absolute Gasteiger partial charge is 0.232 e. The van der Waals surface area contributed by atoms with Crippen molar-refractivity contribution in [1.29, 1.82) is 0 Å². The van der Waals surface area contributed by atoms with Crippen LogP contribution in [0.15, 0.2) is 73.1 Å². The number of benzene rings is 3. The molecule has 3 nitrogen and oxygen atoms in total. The Kier molecular flexibility index (Phi) is 3.99. The van der Waals surface area contributed by atoms with Gasteiger partial charge in [0, 0.05) is 34.9 Å². The molecule has 0 saturated heterocycles. The molecule has 0 amide bonds. The maximum absolute atomic E-state index is 4.73. The summed E-state index contributed by atoms with van der Waals surface area (Å²) in [7, 11) is 0. The van der Waals surface area contributed by atoms with Crippen LogP contribution >= 0.6 is 0 Å². The molecule has 0 aliphatic rings. The third-order valence-corrected chi connectivity index (χ3v) is 5.83. The lowest BCUT2D eigenvalue weighted by atomic mass is 10.0. The molecule has 0 aliphatic heterocycles. The van der Waals surface area contributed by atoms with E-state index < -0.39 is 0 Å². The van der Waals surface area contributed by atoms with E-state index in [1.54, 1.807) is 0 Å². The summed E-state index contributed by atoms with van der Waals surface area (Å²) in [6.07, 6.45) is 4.20. The van der Waals surface area contributed by atoms with Crippen LogP contribution in [0.5, 0.6) is 0 Å². The van der Waals surface area contributed by atoms with E-state index in [0.29, 0.717) is 0 Å². The van der Waals surface area contributed by atoms with Gasteiger partial charge >= 0.3 is 0 Å². The molecule has 0 saturated carbocycles. The van der Waals surface area contributed by atoms with Crippen LogP contribution in [0.1, 0.15) is 22.4 Å². The van der Waals surface area contributed by atoms with Crippen LogP contribution in [0, 0.1) is 27.7 Å². The van der Waals surface area contributed by atoms with Crippen molar-refractivity contribution in [1.82, 2.24) is 9.78 Å². The molecule has 0 atom stereocenters. The smallest absolute Gasteiger partial charge is 0.218 e. The Bertz CT molecular complexity index is 1390. The first-order chi connectivity index (χ1) is 14.0. The highest BCUT2D eigenvalue weighted by atomic mass is 15.3. The fourth-order valence-electron chi connectivity index (χ4n) is 4.55. The van der Waals surface area contributed by atoms with E-state index in [2.05, 4.69) is 104 Å². The molecule has 0 radical (unpaired) electrons. The van der Waals surface area contributed by atoms with Gasteiger partial charge in [-0.1, -0.05) is 36.4 Å². The summed E-state index contributed by atoms with van der Waals surface area (Å²) in [6, 6.07) is 21.4. The molecule has 0 fully saturated rings. The molecule has 3 aromatic carbocycles. The Hall–Kier alpha value is -3.46. The zero-order valence-corrected chi connectivity index (χ0v) is 17.3. The van der Waals surface area contributed by atoms with Gasteiger partial charge in [0.1, 0.15) is 0 Å². The van der Waals surface area contributed by atoms with Gasteiger partial charge in [-0.05, 0) is 49.9 Å². The van der Waals surface area contributed by atoms with E-state index >= 15 is 0 Å². The van der Waals surface area contributed by atoms with Crippen molar-refractivity contribution in [3.05, 3.63) is 95.4 Å². The number of para-hydroxylation sites is 1. The standard InChI is InChI=1S/C26H24N3/c1-17-13-18(2)26(29-24-12-8-7-10-22(24)15-27-29)20(4)25(17)28-16-23-11-6-5-9-21(23)14-19(28)3/h5-16H,1-4H3/q+1. The lowest BCUT2D eigenvalue weighted by molar-refractivity contribution is -0.602. The van der Waals surface area contributed by atoms with Crippen LogP contribution in [0.25, 0.3) is 33.1 Å². The Morgan fingerprint density at radius 1 is 0.759 bits per heavy atom. The highest BCUT2D eigenvalue weighted by molar-refractivity contribution is 5.82. The molecule has 5 aromatic rings. The van der Waals surface area contributed by atoms with E-state index in [1.165, 1.54) is 38.8 Å². The summed E-state index contributed by atoms with van der Waals surface area (Å²) in [5.41, 5.74) is 8.48. The predicted molar refractivity (Wildman–Crippen MR) is 119 cm³/mol. The molecule has 2 heterocycles. The quantitative estimate of drug-likeness (QED) is 0.362. The highest BCUT2D eigenvalue weighted by Gasteiger charge is 2.23. The summed E-state index contributed by atoms with van der Waals surface area (Å²) in [4.78, 5) is 0. The third kappa shape index (κ3) is 2.73. The van der Waals surface area contributed by atoms with E-state index in [4.69, 9.17) is 5.10 Å². The Morgan fingerprint density at radius 2 is 1.45 bits per heavy atom. The summed E-state index contributed by atoms with van der Waals surface area (Å²) >= 11 is 0. The molecule has 0 unspecified atom stereocenters. The summed E-state index contributed by atoms with van der Waals surface area (Å²) in [5, 5.41) is 8.39. The molecule has 0 bridgehead atoms. The fraction of sp³-hybridized carbons (Fsp3) is 0.154. The minimum absolute atomic E-state index is 1.13. The number of rotatable bonds is 2. The van der Waals surface area contributed by atoms with Crippen LogP contribution in [0.3, 0.4) is 0 Å². The molecule has 2 aromatic heterocycles. The zero-order valence-electron chi connectivity index (χ0n) is 17.3. The predicted octanol–water partition coefficient (Wildman–Crippen LogP) is 5.69. The number of aromatic nitrogens is 3. The third-order valence-electron chi connectivity index (χ3n) is 5.83. The molecular weight excluding hydrogens is 354 g/mol. The van der Waals surface area contributed by atoms with Crippen LogP contribution in [-0.2, 0) is 0 Å². The van der Waals surface area contributed by atoms with Crippen molar-refractivity contribution in [3.63, 3.8) is 0 Å². The average Bonchev–Trinajstić information content (AvgIpc) is 3.12.